The molecule has 2 saturated heterocycles. The third-order valence-electron chi connectivity index (χ3n) is 4.10. The molecule has 0 aliphatic carbocycles. The van der Waals surface area contributed by atoms with E-state index in [1.165, 1.54) is 12.8 Å². The zero-order valence-electron chi connectivity index (χ0n) is 11.5. The lowest BCUT2D eigenvalue weighted by Gasteiger charge is -2.28. The summed E-state index contributed by atoms with van der Waals surface area (Å²) in [6.07, 6.45) is 4.23. The van der Waals surface area contributed by atoms with Crippen LogP contribution in [-0.2, 0) is 9.53 Å². The van der Waals surface area contributed by atoms with Crippen LogP contribution in [0, 0.1) is 11.8 Å². The topological polar surface area (TPSA) is 41.6 Å². The molecular weight excluding hydrogens is 228 g/mol. The standard InChI is InChI=1S/C14H26N2O2/c1-2-16(10-13-5-7-18-11-13)14(17)8-12-4-3-6-15-9-12/h12-13,15H,2-11H2,1H3. The van der Waals surface area contributed by atoms with Gasteiger partial charge in [-0.3, -0.25) is 4.79 Å². The Morgan fingerprint density at radius 3 is 2.89 bits per heavy atom. The predicted octanol–water partition coefficient (Wildman–Crippen LogP) is 1.26. The van der Waals surface area contributed by atoms with Crippen LogP contribution >= 0.6 is 0 Å². The van der Waals surface area contributed by atoms with E-state index in [1.54, 1.807) is 0 Å². The van der Waals surface area contributed by atoms with Crippen LogP contribution in [-0.4, -0.2) is 50.2 Å². The average Bonchev–Trinajstić information content (AvgIpc) is 2.90. The van der Waals surface area contributed by atoms with Gasteiger partial charge in [0.1, 0.15) is 0 Å². The van der Waals surface area contributed by atoms with Crippen LogP contribution in [0.25, 0.3) is 0 Å². The number of nitrogens with zero attached hydrogens (tertiary/aromatic N) is 1. The zero-order valence-corrected chi connectivity index (χ0v) is 11.5. The Kier molecular flexibility index (Phi) is 5.45. The SMILES string of the molecule is CCN(CC1CCOC1)C(=O)CC1CCCNC1. The maximum Gasteiger partial charge on any atom is 0.222 e. The van der Waals surface area contributed by atoms with E-state index in [4.69, 9.17) is 4.74 Å². The molecule has 1 N–H and O–H groups in total. The highest BCUT2D eigenvalue weighted by molar-refractivity contribution is 5.76. The van der Waals surface area contributed by atoms with Crippen LogP contribution in [0.2, 0.25) is 0 Å². The second kappa shape index (κ2) is 7.10. The molecule has 1 amide bonds. The molecule has 18 heavy (non-hydrogen) atoms. The van der Waals surface area contributed by atoms with E-state index < -0.39 is 0 Å². The first-order valence-corrected chi connectivity index (χ1v) is 7.35. The van der Waals surface area contributed by atoms with Crippen LogP contribution in [0.4, 0.5) is 0 Å². The number of amides is 1. The van der Waals surface area contributed by atoms with Crippen molar-refractivity contribution in [3.05, 3.63) is 0 Å². The summed E-state index contributed by atoms with van der Waals surface area (Å²) in [6, 6.07) is 0. The van der Waals surface area contributed by atoms with E-state index in [2.05, 4.69) is 12.2 Å². The summed E-state index contributed by atoms with van der Waals surface area (Å²) >= 11 is 0. The molecule has 0 spiro atoms. The normalized spacial score (nSPS) is 28.3. The van der Waals surface area contributed by atoms with Crippen molar-refractivity contribution in [2.45, 2.75) is 32.6 Å². The Bertz CT molecular complexity index is 259. The lowest BCUT2D eigenvalue weighted by molar-refractivity contribution is -0.132. The van der Waals surface area contributed by atoms with E-state index in [0.717, 1.165) is 45.8 Å². The Labute approximate surface area is 110 Å². The van der Waals surface area contributed by atoms with Gasteiger partial charge in [-0.15, -0.1) is 0 Å². The fourth-order valence-electron chi connectivity index (χ4n) is 2.92. The first kappa shape index (κ1) is 13.8. The monoisotopic (exact) mass is 254 g/mol. The molecule has 2 aliphatic heterocycles. The summed E-state index contributed by atoms with van der Waals surface area (Å²) in [5.74, 6) is 1.43. The van der Waals surface area contributed by atoms with Gasteiger partial charge in [0, 0.05) is 32.0 Å². The van der Waals surface area contributed by atoms with Gasteiger partial charge < -0.3 is 15.0 Å². The van der Waals surface area contributed by atoms with Gasteiger partial charge >= 0.3 is 0 Å². The molecule has 2 aliphatic rings. The van der Waals surface area contributed by atoms with E-state index in [1.807, 2.05) is 4.90 Å². The van der Waals surface area contributed by atoms with Gasteiger partial charge in [-0.25, -0.2) is 0 Å². The quantitative estimate of drug-likeness (QED) is 0.803. The number of hydrogen-bond donors (Lipinski definition) is 1. The third kappa shape index (κ3) is 3.95. The van der Waals surface area contributed by atoms with Crippen molar-refractivity contribution < 1.29 is 9.53 Å². The molecule has 2 heterocycles. The fraction of sp³-hybridized carbons (Fsp3) is 0.929. The van der Waals surface area contributed by atoms with Crippen molar-refractivity contribution in [1.29, 1.82) is 0 Å². The van der Waals surface area contributed by atoms with Crippen LogP contribution in [0.5, 0.6) is 0 Å². The van der Waals surface area contributed by atoms with Crippen LogP contribution in [0.1, 0.15) is 32.6 Å². The van der Waals surface area contributed by atoms with Crippen LogP contribution in [0.15, 0.2) is 0 Å². The Hall–Kier alpha value is -0.610. The highest BCUT2D eigenvalue weighted by atomic mass is 16.5. The van der Waals surface area contributed by atoms with Gasteiger partial charge in [-0.2, -0.15) is 0 Å². The minimum atomic E-state index is 0.332. The summed E-state index contributed by atoms with van der Waals surface area (Å²) < 4.78 is 5.38. The van der Waals surface area contributed by atoms with E-state index in [9.17, 15) is 4.79 Å². The summed E-state index contributed by atoms with van der Waals surface area (Å²) in [5, 5.41) is 3.38. The van der Waals surface area contributed by atoms with Gasteiger partial charge in [0.25, 0.3) is 0 Å². The molecule has 2 unspecified atom stereocenters. The summed E-state index contributed by atoms with van der Waals surface area (Å²) in [6.45, 7) is 7.60. The highest BCUT2D eigenvalue weighted by Crippen LogP contribution is 2.18. The van der Waals surface area contributed by atoms with Crippen molar-refractivity contribution in [2.24, 2.45) is 11.8 Å². The number of rotatable bonds is 5. The predicted molar refractivity (Wildman–Crippen MR) is 71.4 cm³/mol. The van der Waals surface area contributed by atoms with E-state index in [0.29, 0.717) is 24.2 Å². The second-order valence-electron chi connectivity index (χ2n) is 5.58. The number of ether oxygens (including phenoxy) is 1. The third-order valence-corrected chi connectivity index (χ3v) is 4.10. The van der Waals surface area contributed by atoms with Gasteiger partial charge in [-0.05, 0) is 45.2 Å². The molecule has 2 atom stereocenters. The first-order valence-electron chi connectivity index (χ1n) is 7.35. The number of piperidine rings is 1. The van der Waals surface area contributed by atoms with Crippen molar-refractivity contribution in [2.75, 3.05) is 39.4 Å². The van der Waals surface area contributed by atoms with E-state index >= 15 is 0 Å². The fourth-order valence-corrected chi connectivity index (χ4v) is 2.92. The van der Waals surface area contributed by atoms with Gasteiger partial charge in [0.2, 0.25) is 5.91 Å². The number of hydrogen-bond acceptors (Lipinski definition) is 3. The lowest BCUT2D eigenvalue weighted by atomic mass is 9.95. The molecule has 2 fully saturated rings. The minimum Gasteiger partial charge on any atom is -0.381 e. The Balaban J connectivity index is 1.76. The number of carbonyl (C=O) groups excluding carboxylic acids is 1. The number of nitrogens with one attached hydrogen (secondary N) is 1. The van der Waals surface area contributed by atoms with Gasteiger partial charge in [-0.1, -0.05) is 0 Å². The zero-order chi connectivity index (χ0) is 12.8. The van der Waals surface area contributed by atoms with Crippen LogP contribution < -0.4 is 5.32 Å². The van der Waals surface area contributed by atoms with Crippen molar-refractivity contribution in [3.8, 4) is 0 Å². The molecule has 0 aromatic carbocycles. The molecule has 104 valence electrons. The molecule has 4 nitrogen and oxygen atoms in total. The molecular formula is C14H26N2O2. The molecule has 4 heteroatoms. The maximum absolute atomic E-state index is 12.3. The summed E-state index contributed by atoms with van der Waals surface area (Å²) in [5.41, 5.74) is 0. The molecule has 0 bridgehead atoms. The number of carbonyl (C=O) groups is 1. The smallest absolute Gasteiger partial charge is 0.222 e. The lowest BCUT2D eigenvalue weighted by Crippen LogP contribution is -2.39. The average molecular weight is 254 g/mol. The van der Waals surface area contributed by atoms with Crippen molar-refractivity contribution in [1.82, 2.24) is 10.2 Å². The van der Waals surface area contributed by atoms with Crippen LogP contribution in [0.3, 0.4) is 0 Å². The Morgan fingerprint density at radius 1 is 1.39 bits per heavy atom. The summed E-state index contributed by atoms with van der Waals surface area (Å²) in [4.78, 5) is 14.3. The molecule has 0 aromatic heterocycles. The Morgan fingerprint density at radius 2 is 2.28 bits per heavy atom. The summed E-state index contributed by atoms with van der Waals surface area (Å²) in [7, 11) is 0. The van der Waals surface area contributed by atoms with E-state index in [-0.39, 0.29) is 0 Å². The molecule has 2 rings (SSSR count). The maximum atomic E-state index is 12.3. The molecule has 0 aromatic rings. The van der Waals surface area contributed by atoms with Crippen molar-refractivity contribution >= 4 is 5.91 Å². The first-order chi connectivity index (χ1) is 8.79. The van der Waals surface area contributed by atoms with Gasteiger partial charge in [0.15, 0.2) is 0 Å². The molecule has 0 radical (unpaired) electrons. The minimum absolute atomic E-state index is 0.332. The highest BCUT2D eigenvalue weighted by Gasteiger charge is 2.24. The second-order valence-corrected chi connectivity index (χ2v) is 5.58. The van der Waals surface area contributed by atoms with Crippen molar-refractivity contribution in [3.63, 3.8) is 0 Å². The van der Waals surface area contributed by atoms with Gasteiger partial charge in [0.05, 0.1) is 6.61 Å². The largest absolute Gasteiger partial charge is 0.381 e. The molecule has 0 saturated carbocycles.